The van der Waals surface area contributed by atoms with Gasteiger partial charge in [-0.2, -0.15) is 0 Å². The van der Waals surface area contributed by atoms with Gasteiger partial charge in [0, 0.05) is 45.3 Å². The van der Waals surface area contributed by atoms with E-state index in [1.165, 1.54) is 16.6 Å². The van der Waals surface area contributed by atoms with Crippen LogP contribution < -0.4 is 10.2 Å². The lowest BCUT2D eigenvalue weighted by Crippen LogP contribution is -2.53. The van der Waals surface area contributed by atoms with Crippen molar-refractivity contribution in [3.8, 4) is 0 Å². The van der Waals surface area contributed by atoms with Gasteiger partial charge in [0.25, 0.3) is 0 Å². The molecule has 2 amide bonds. The van der Waals surface area contributed by atoms with Crippen LogP contribution >= 0.6 is 0 Å². The number of sulfonamides is 1. The van der Waals surface area contributed by atoms with E-state index in [1.54, 1.807) is 24.1 Å². The molecule has 1 aromatic rings. The Kier molecular flexibility index (Phi) is 6.44. The molecule has 0 saturated carbocycles. The third kappa shape index (κ3) is 4.94. The smallest absolute Gasteiger partial charge is 0.317 e. The Morgan fingerprint density at radius 2 is 1.71 bits per heavy atom. The van der Waals surface area contributed by atoms with E-state index in [-0.39, 0.29) is 23.9 Å². The number of benzene rings is 1. The number of nitrogens with zero attached hydrogens (tertiary/aromatic N) is 3. The number of hydrogen-bond acceptors (Lipinski definition) is 4. The largest absolute Gasteiger partial charge is 0.369 e. The van der Waals surface area contributed by atoms with Gasteiger partial charge in [-0.05, 0) is 37.8 Å². The number of hydrogen-bond donors (Lipinski definition) is 1. The van der Waals surface area contributed by atoms with Gasteiger partial charge in [-0.3, -0.25) is 0 Å². The number of carbonyl (C=O) groups excluding carboxylic acids is 1. The minimum absolute atomic E-state index is 0.0384. The fourth-order valence-corrected chi connectivity index (χ4v) is 4.85. The summed E-state index contributed by atoms with van der Waals surface area (Å²) in [6.07, 6.45) is 4.03. The van der Waals surface area contributed by atoms with Gasteiger partial charge in [0.05, 0.1) is 11.9 Å². The molecule has 0 aromatic heterocycles. The molecule has 3 rings (SSSR count). The average molecular weight is 413 g/mol. The lowest BCUT2D eigenvalue weighted by atomic mass is 10.0. The quantitative estimate of drug-likeness (QED) is 0.819. The first-order valence-electron chi connectivity index (χ1n) is 9.73. The van der Waals surface area contributed by atoms with Crippen LogP contribution in [0.3, 0.4) is 0 Å². The first-order valence-corrected chi connectivity index (χ1v) is 11.6. The van der Waals surface area contributed by atoms with Crippen LogP contribution in [0.15, 0.2) is 24.3 Å². The molecule has 1 N–H and O–H groups in total. The summed E-state index contributed by atoms with van der Waals surface area (Å²) in [5.74, 6) is -0.217. The highest BCUT2D eigenvalue weighted by atomic mass is 32.2. The van der Waals surface area contributed by atoms with E-state index in [0.717, 1.165) is 12.8 Å². The Balaban J connectivity index is 1.46. The first kappa shape index (κ1) is 20.9. The van der Waals surface area contributed by atoms with Gasteiger partial charge in [-0.25, -0.2) is 21.9 Å². The molecule has 2 saturated heterocycles. The first-order chi connectivity index (χ1) is 13.3. The summed E-state index contributed by atoms with van der Waals surface area (Å²) in [5, 5.41) is 3.08. The van der Waals surface area contributed by atoms with Crippen LogP contribution in [-0.4, -0.2) is 75.2 Å². The molecule has 156 valence electrons. The SMILES string of the molecule is CN(C(=O)NC1CCN(c2ccccc2F)CC1)C1CCN(S(C)(=O)=O)CC1. The second-order valence-electron chi connectivity index (χ2n) is 7.67. The molecule has 0 radical (unpaired) electrons. The van der Waals surface area contributed by atoms with Gasteiger partial charge in [0.15, 0.2) is 0 Å². The fourth-order valence-electron chi connectivity index (χ4n) is 3.98. The second-order valence-corrected chi connectivity index (χ2v) is 9.65. The number of para-hydroxylation sites is 1. The lowest BCUT2D eigenvalue weighted by molar-refractivity contribution is 0.159. The Hall–Kier alpha value is -1.87. The number of anilines is 1. The maximum absolute atomic E-state index is 13.9. The summed E-state index contributed by atoms with van der Waals surface area (Å²) in [6.45, 7) is 2.29. The molecule has 2 aliphatic rings. The molecular formula is C19H29FN4O3S. The molecule has 2 aliphatic heterocycles. The maximum atomic E-state index is 13.9. The topological polar surface area (TPSA) is 73.0 Å². The number of piperidine rings is 2. The Labute approximate surface area is 166 Å². The molecule has 0 aliphatic carbocycles. The van der Waals surface area contributed by atoms with Gasteiger partial charge in [-0.15, -0.1) is 0 Å². The summed E-state index contributed by atoms with van der Waals surface area (Å²) < 4.78 is 38.6. The summed E-state index contributed by atoms with van der Waals surface area (Å²) in [5.41, 5.74) is 0.613. The van der Waals surface area contributed by atoms with Crippen molar-refractivity contribution in [3.05, 3.63) is 30.1 Å². The van der Waals surface area contributed by atoms with E-state index in [1.807, 2.05) is 11.0 Å². The number of nitrogens with one attached hydrogen (secondary N) is 1. The highest BCUT2D eigenvalue weighted by Crippen LogP contribution is 2.23. The van der Waals surface area contributed by atoms with Crippen LogP contribution in [0.1, 0.15) is 25.7 Å². The van der Waals surface area contributed by atoms with E-state index >= 15 is 0 Å². The fraction of sp³-hybridized carbons (Fsp3) is 0.632. The standard InChI is InChI=1S/C19H29FN4O3S/c1-22(16-9-13-24(14-10-16)28(2,26)27)19(25)21-15-7-11-23(12-8-15)18-6-4-3-5-17(18)20/h3-6,15-16H,7-14H2,1-2H3,(H,21,25). The molecule has 7 nitrogen and oxygen atoms in total. The molecule has 2 heterocycles. The van der Waals surface area contributed by atoms with Crippen LogP contribution in [0.4, 0.5) is 14.9 Å². The summed E-state index contributed by atoms with van der Waals surface area (Å²) in [7, 11) is -1.40. The van der Waals surface area contributed by atoms with Crippen molar-refractivity contribution in [3.63, 3.8) is 0 Å². The van der Waals surface area contributed by atoms with Gasteiger partial charge < -0.3 is 15.1 Å². The number of rotatable bonds is 4. The van der Waals surface area contributed by atoms with E-state index < -0.39 is 10.0 Å². The number of halogens is 1. The monoisotopic (exact) mass is 412 g/mol. The van der Waals surface area contributed by atoms with Gasteiger partial charge in [-0.1, -0.05) is 12.1 Å². The maximum Gasteiger partial charge on any atom is 0.317 e. The van der Waals surface area contributed by atoms with Crippen molar-refractivity contribution < 1.29 is 17.6 Å². The number of amides is 2. The molecule has 2 fully saturated rings. The zero-order valence-corrected chi connectivity index (χ0v) is 17.3. The van der Waals surface area contributed by atoms with Crippen LogP contribution in [0.5, 0.6) is 0 Å². The highest BCUT2D eigenvalue weighted by molar-refractivity contribution is 7.88. The minimum atomic E-state index is -3.17. The minimum Gasteiger partial charge on any atom is -0.369 e. The Morgan fingerprint density at radius 1 is 1.11 bits per heavy atom. The molecule has 0 atom stereocenters. The molecule has 0 spiro atoms. The average Bonchev–Trinajstić information content (AvgIpc) is 2.68. The van der Waals surface area contributed by atoms with Crippen molar-refractivity contribution >= 4 is 21.7 Å². The summed E-state index contributed by atoms with van der Waals surface area (Å²) in [6, 6.07) is 6.74. The number of carbonyl (C=O) groups is 1. The third-order valence-electron chi connectivity index (χ3n) is 5.78. The summed E-state index contributed by atoms with van der Waals surface area (Å²) in [4.78, 5) is 16.3. The summed E-state index contributed by atoms with van der Waals surface area (Å²) >= 11 is 0. The van der Waals surface area contributed by atoms with Crippen molar-refractivity contribution in [1.82, 2.24) is 14.5 Å². The van der Waals surface area contributed by atoms with E-state index in [9.17, 15) is 17.6 Å². The predicted octanol–water partition coefficient (Wildman–Crippen LogP) is 1.86. The molecule has 0 bridgehead atoms. The van der Waals surface area contributed by atoms with Gasteiger partial charge in [0.1, 0.15) is 5.82 Å². The normalized spacial score (nSPS) is 20.2. The van der Waals surface area contributed by atoms with Gasteiger partial charge >= 0.3 is 6.03 Å². The number of urea groups is 1. The van der Waals surface area contributed by atoms with E-state index in [0.29, 0.717) is 44.7 Å². The Morgan fingerprint density at radius 3 is 2.29 bits per heavy atom. The highest BCUT2D eigenvalue weighted by Gasteiger charge is 2.30. The predicted molar refractivity (Wildman–Crippen MR) is 107 cm³/mol. The Bertz CT molecular complexity index is 788. The molecule has 1 aromatic carbocycles. The molecule has 28 heavy (non-hydrogen) atoms. The van der Waals surface area contributed by atoms with Crippen LogP contribution in [0, 0.1) is 5.82 Å². The van der Waals surface area contributed by atoms with E-state index in [2.05, 4.69) is 5.32 Å². The third-order valence-corrected chi connectivity index (χ3v) is 7.08. The molecule has 9 heteroatoms. The van der Waals surface area contributed by atoms with Crippen molar-refractivity contribution in [2.75, 3.05) is 44.4 Å². The molecular weight excluding hydrogens is 383 g/mol. The zero-order chi connectivity index (χ0) is 20.3. The zero-order valence-electron chi connectivity index (χ0n) is 16.5. The van der Waals surface area contributed by atoms with Crippen molar-refractivity contribution in [2.24, 2.45) is 0 Å². The molecule has 0 unspecified atom stereocenters. The second kappa shape index (κ2) is 8.65. The lowest BCUT2D eigenvalue weighted by Gasteiger charge is -2.38. The van der Waals surface area contributed by atoms with Gasteiger partial charge in [0.2, 0.25) is 10.0 Å². The van der Waals surface area contributed by atoms with Crippen LogP contribution in [0.25, 0.3) is 0 Å². The van der Waals surface area contributed by atoms with Crippen molar-refractivity contribution in [2.45, 2.75) is 37.8 Å². The van der Waals surface area contributed by atoms with Crippen molar-refractivity contribution in [1.29, 1.82) is 0 Å². The van der Waals surface area contributed by atoms with Crippen LogP contribution in [0.2, 0.25) is 0 Å². The van der Waals surface area contributed by atoms with E-state index in [4.69, 9.17) is 0 Å². The van der Waals surface area contributed by atoms with Crippen LogP contribution in [-0.2, 0) is 10.0 Å².